The fraction of sp³-hybridized carbons (Fsp3) is 0.500. The monoisotopic (exact) mass is 249 g/mol. The highest BCUT2D eigenvalue weighted by Crippen LogP contribution is 2.12. The van der Waals surface area contributed by atoms with E-state index in [2.05, 4.69) is 9.97 Å². The van der Waals surface area contributed by atoms with Gasteiger partial charge in [0, 0.05) is 19.3 Å². The van der Waals surface area contributed by atoms with Crippen LogP contribution in [-0.4, -0.2) is 44.9 Å². The number of likely N-dealkylation sites (tertiary alicyclic amines) is 1. The average Bonchev–Trinajstić information content (AvgIpc) is 2.67. The molecule has 1 fully saturated rings. The molecule has 0 aromatic carbocycles. The highest BCUT2D eigenvalue weighted by atomic mass is 16.4. The van der Waals surface area contributed by atoms with Crippen molar-refractivity contribution in [2.45, 2.75) is 25.7 Å². The van der Waals surface area contributed by atoms with Crippen molar-refractivity contribution < 1.29 is 14.7 Å². The van der Waals surface area contributed by atoms with E-state index in [1.54, 1.807) is 4.90 Å². The Morgan fingerprint density at radius 1 is 1.17 bits per heavy atom. The van der Waals surface area contributed by atoms with Crippen LogP contribution in [0.1, 0.15) is 46.8 Å². The molecule has 1 saturated heterocycles. The zero-order valence-electron chi connectivity index (χ0n) is 10.0. The Balaban J connectivity index is 2.16. The first-order chi connectivity index (χ1) is 8.68. The molecule has 96 valence electrons. The van der Waals surface area contributed by atoms with Gasteiger partial charge in [0.2, 0.25) is 5.82 Å². The van der Waals surface area contributed by atoms with Crippen LogP contribution in [0, 0.1) is 0 Å². The third kappa shape index (κ3) is 2.82. The number of aromatic carboxylic acids is 1. The summed E-state index contributed by atoms with van der Waals surface area (Å²) in [5.41, 5.74) is 0.157. The average molecular weight is 249 g/mol. The van der Waals surface area contributed by atoms with Gasteiger partial charge in [0.05, 0.1) is 0 Å². The Hall–Kier alpha value is -1.98. The van der Waals surface area contributed by atoms with Gasteiger partial charge in [-0.15, -0.1) is 0 Å². The van der Waals surface area contributed by atoms with Gasteiger partial charge in [-0.05, 0) is 18.9 Å². The molecule has 6 heteroatoms. The highest BCUT2D eigenvalue weighted by molar-refractivity contribution is 5.93. The van der Waals surface area contributed by atoms with Crippen LogP contribution in [-0.2, 0) is 0 Å². The molecule has 1 aromatic heterocycles. The van der Waals surface area contributed by atoms with Gasteiger partial charge >= 0.3 is 5.97 Å². The zero-order valence-corrected chi connectivity index (χ0v) is 10.0. The second-order valence-electron chi connectivity index (χ2n) is 4.28. The molecule has 0 unspecified atom stereocenters. The van der Waals surface area contributed by atoms with E-state index >= 15 is 0 Å². The Morgan fingerprint density at radius 2 is 1.83 bits per heavy atom. The molecule has 6 nitrogen and oxygen atoms in total. The SMILES string of the molecule is O=C(O)c1nccc(C(=O)N2CCCCCC2)n1. The minimum atomic E-state index is -1.22. The van der Waals surface area contributed by atoms with Gasteiger partial charge in [-0.1, -0.05) is 12.8 Å². The zero-order chi connectivity index (χ0) is 13.0. The van der Waals surface area contributed by atoms with Crippen LogP contribution >= 0.6 is 0 Å². The van der Waals surface area contributed by atoms with Gasteiger partial charge in [-0.2, -0.15) is 0 Å². The Bertz CT molecular complexity index is 454. The van der Waals surface area contributed by atoms with Crippen LogP contribution < -0.4 is 0 Å². The van der Waals surface area contributed by atoms with E-state index in [4.69, 9.17) is 5.11 Å². The number of amides is 1. The van der Waals surface area contributed by atoms with Crippen molar-refractivity contribution in [1.29, 1.82) is 0 Å². The normalized spacial score (nSPS) is 16.1. The lowest BCUT2D eigenvalue weighted by atomic mass is 10.2. The van der Waals surface area contributed by atoms with Crippen LogP contribution in [0.3, 0.4) is 0 Å². The summed E-state index contributed by atoms with van der Waals surface area (Å²) in [5.74, 6) is -1.77. The molecule has 2 heterocycles. The maximum absolute atomic E-state index is 12.2. The predicted molar refractivity (Wildman–Crippen MR) is 63.4 cm³/mol. The number of carboxylic acids is 1. The van der Waals surface area contributed by atoms with Crippen molar-refractivity contribution in [3.8, 4) is 0 Å². The molecular formula is C12H15N3O3. The number of carboxylic acid groups (broad SMARTS) is 1. The van der Waals surface area contributed by atoms with E-state index in [1.807, 2.05) is 0 Å². The van der Waals surface area contributed by atoms with E-state index < -0.39 is 5.97 Å². The first kappa shape index (κ1) is 12.5. The number of hydrogen-bond donors (Lipinski definition) is 1. The Morgan fingerprint density at radius 3 is 2.44 bits per heavy atom. The third-order valence-corrected chi connectivity index (χ3v) is 2.96. The molecule has 18 heavy (non-hydrogen) atoms. The molecule has 0 spiro atoms. The second-order valence-corrected chi connectivity index (χ2v) is 4.28. The van der Waals surface area contributed by atoms with E-state index in [0.717, 1.165) is 25.7 Å². The van der Waals surface area contributed by atoms with Crippen LogP contribution in [0.25, 0.3) is 0 Å². The van der Waals surface area contributed by atoms with Crippen LogP contribution in [0.15, 0.2) is 12.3 Å². The lowest BCUT2D eigenvalue weighted by Crippen LogP contribution is -2.32. The van der Waals surface area contributed by atoms with Crippen molar-refractivity contribution in [2.75, 3.05) is 13.1 Å². The van der Waals surface area contributed by atoms with Crippen molar-refractivity contribution in [3.05, 3.63) is 23.8 Å². The quantitative estimate of drug-likeness (QED) is 0.851. The first-order valence-electron chi connectivity index (χ1n) is 6.04. The van der Waals surface area contributed by atoms with E-state index in [-0.39, 0.29) is 17.4 Å². The number of carbonyl (C=O) groups excluding carboxylic acids is 1. The Labute approximate surface area is 105 Å². The van der Waals surface area contributed by atoms with Gasteiger partial charge in [0.1, 0.15) is 5.69 Å². The predicted octanol–water partition coefficient (Wildman–Crippen LogP) is 1.19. The number of rotatable bonds is 2. The fourth-order valence-corrected chi connectivity index (χ4v) is 2.02. The summed E-state index contributed by atoms with van der Waals surface area (Å²) in [6.07, 6.45) is 5.55. The number of nitrogens with zero attached hydrogens (tertiary/aromatic N) is 3. The van der Waals surface area contributed by atoms with E-state index in [9.17, 15) is 9.59 Å². The van der Waals surface area contributed by atoms with Crippen molar-refractivity contribution in [1.82, 2.24) is 14.9 Å². The minimum Gasteiger partial charge on any atom is -0.475 e. The molecule has 0 bridgehead atoms. The molecular weight excluding hydrogens is 234 g/mol. The molecule has 0 atom stereocenters. The number of carbonyl (C=O) groups is 2. The van der Waals surface area contributed by atoms with Gasteiger partial charge < -0.3 is 10.0 Å². The molecule has 1 amide bonds. The maximum Gasteiger partial charge on any atom is 0.373 e. The van der Waals surface area contributed by atoms with Gasteiger partial charge in [0.25, 0.3) is 5.91 Å². The molecule has 0 saturated carbocycles. The molecule has 2 rings (SSSR count). The largest absolute Gasteiger partial charge is 0.475 e. The van der Waals surface area contributed by atoms with Crippen molar-refractivity contribution in [2.24, 2.45) is 0 Å². The lowest BCUT2D eigenvalue weighted by molar-refractivity contribution is 0.0682. The maximum atomic E-state index is 12.2. The molecule has 1 N–H and O–H groups in total. The standard InChI is InChI=1S/C12H15N3O3/c16-11(15-7-3-1-2-4-8-15)9-5-6-13-10(14-9)12(17)18/h5-6H,1-4,7-8H2,(H,17,18). The summed E-state index contributed by atoms with van der Waals surface area (Å²) in [6, 6.07) is 1.46. The number of hydrogen-bond acceptors (Lipinski definition) is 4. The fourth-order valence-electron chi connectivity index (χ4n) is 2.02. The van der Waals surface area contributed by atoms with Crippen LogP contribution in [0.2, 0.25) is 0 Å². The van der Waals surface area contributed by atoms with Gasteiger partial charge in [-0.25, -0.2) is 14.8 Å². The summed E-state index contributed by atoms with van der Waals surface area (Å²) in [4.78, 5) is 32.0. The summed E-state index contributed by atoms with van der Waals surface area (Å²) in [5, 5.41) is 8.80. The first-order valence-corrected chi connectivity index (χ1v) is 6.04. The highest BCUT2D eigenvalue weighted by Gasteiger charge is 2.19. The molecule has 0 aliphatic carbocycles. The molecule has 1 aliphatic heterocycles. The van der Waals surface area contributed by atoms with E-state index in [1.165, 1.54) is 12.3 Å². The van der Waals surface area contributed by atoms with Gasteiger partial charge in [-0.3, -0.25) is 4.79 Å². The van der Waals surface area contributed by atoms with Crippen LogP contribution in [0.5, 0.6) is 0 Å². The smallest absolute Gasteiger partial charge is 0.373 e. The lowest BCUT2D eigenvalue weighted by Gasteiger charge is -2.19. The summed E-state index contributed by atoms with van der Waals surface area (Å²) >= 11 is 0. The Kier molecular flexibility index (Phi) is 3.86. The van der Waals surface area contributed by atoms with Crippen molar-refractivity contribution >= 4 is 11.9 Å². The van der Waals surface area contributed by atoms with Gasteiger partial charge in [0.15, 0.2) is 0 Å². The number of aromatic nitrogens is 2. The summed E-state index contributed by atoms with van der Waals surface area (Å²) < 4.78 is 0. The molecule has 0 radical (unpaired) electrons. The van der Waals surface area contributed by atoms with E-state index in [0.29, 0.717) is 13.1 Å². The minimum absolute atomic E-state index is 0.157. The van der Waals surface area contributed by atoms with Crippen molar-refractivity contribution in [3.63, 3.8) is 0 Å². The third-order valence-electron chi connectivity index (χ3n) is 2.96. The van der Waals surface area contributed by atoms with Crippen LogP contribution in [0.4, 0.5) is 0 Å². The molecule has 1 aliphatic rings. The molecule has 1 aromatic rings. The summed E-state index contributed by atoms with van der Waals surface area (Å²) in [6.45, 7) is 1.43. The second kappa shape index (κ2) is 5.57. The topological polar surface area (TPSA) is 83.4 Å². The summed E-state index contributed by atoms with van der Waals surface area (Å²) in [7, 11) is 0.